The van der Waals surface area contributed by atoms with Gasteiger partial charge in [-0.2, -0.15) is 5.10 Å². The van der Waals surface area contributed by atoms with Crippen LogP contribution in [0.1, 0.15) is 31.5 Å². The van der Waals surface area contributed by atoms with Gasteiger partial charge in [-0.15, -0.1) is 0 Å². The third-order valence-electron chi connectivity index (χ3n) is 3.65. The van der Waals surface area contributed by atoms with E-state index in [2.05, 4.69) is 42.3 Å². The summed E-state index contributed by atoms with van der Waals surface area (Å²) in [5.41, 5.74) is 2.45. The molecule has 0 amide bonds. The molecule has 2 heterocycles. The number of nitrogens with zero attached hydrogens (tertiary/aromatic N) is 3. The third-order valence-corrected chi connectivity index (χ3v) is 3.65. The van der Waals surface area contributed by atoms with Gasteiger partial charge in [-0.25, -0.2) is 0 Å². The van der Waals surface area contributed by atoms with Crippen LogP contribution in [0.5, 0.6) is 0 Å². The van der Waals surface area contributed by atoms with Gasteiger partial charge in [0, 0.05) is 44.0 Å². The Kier molecular flexibility index (Phi) is 3.84. The van der Waals surface area contributed by atoms with Crippen molar-refractivity contribution >= 4 is 0 Å². The van der Waals surface area contributed by atoms with Crippen LogP contribution in [0.2, 0.25) is 0 Å². The standard InChI is InChI=1S/C13H24N4/c1-10(2)17-6-5-13(9-17)14-7-12-8-16(4)15-11(12)3/h8,10,13-14H,5-7,9H2,1-4H3. The Morgan fingerprint density at radius 2 is 2.29 bits per heavy atom. The Morgan fingerprint density at radius 3 is 2.82 bits per heavy atom. The molecule has 1 aromatic heterocycles. The molecule has 4 nitrogen and oxygen atoms in total. The summed E-state index contributed by atoms with van der Waals surface area (Å²) in [6.45, 7) is 9.96. The van der Waals surface area contributed by atoms with E-state index in [0.717, 1.165) is 12.2 Å². The highest BCUT2D eigenvalue weighted by Crippen LogP contribution is 2.13. The van der Waals surface area contributed by atoms with E-state index >= 15 is 0 Å². The van der Waals surface area contributed by atoms with Crippen LogP contribution in [-0.4, -0.2) is 39.9 Å². The first-order valence-corrected chi connectivity index (χ1v) is 6.53. The van der Waals surface area contributed by atoms with Crippen LogP contribution in [0, 0.1) is 6.92 Å². The highest BCUT2D eigenvalue weighted by molar-refractivity contribution is 5.15. The average Bonchev–Trinajstić information content (AvgIpc) is 2.82. The second-order valence-electron chi connectivity index (χ2n) is 5.37. The molecular formula is C13H24N4. The molecule has 1 atom stereocenters. The van der Waals surface area contributed by atoms with Gasteiger partial charge in [0.05, 0.1) is 5.69 Å². The number of aromatic nitrogens is 2. The Morgan fingerprint density at radius 1 is 1.53 bits per heavy atom. The number of aryl methyl sites for hydroxylation is 2. The van der Waals surface area contributed by atoms with Gasteiger partial charge in [0.15, 0.2) is 0 Å². The van der Waals surface area contributed by atoms with E-state index in [9.17, 15) is 0 Å². The van der Waals surface area contributed by atoms with Crippen molar-refractivity contribution in [2.75, 3.05) is 13.1 Å². The number of rotatable bonds is 4. The lowest BCUT2D eigenvalue weighted by molar-refractivity contribution is 0.268. The second-order valence-corrected chi connectivity index (χ2v) is 5.37. The molecule has 0 aliphatic carbocycles. The third kappa shape index (κ3) is 3.07. The molecule has 0 spiro atoms. The lowest BCUT2D eigenvalue weighted by atomic mass is 10.2. The van der Waals surface area contributed by atoms with Crippen molar-refractivity contribution in [3.05, 3.63) is 17.5 Å². The molecule has 0 radical (unpaired) electrons. The molecule has 0 saturated carbocycles. The molecule has 2 rings (SSSR count). The molecule has 17 heavy (non-hydrogen) atoms. The predicted molar refractivity (Wildman–Crippen MR) is 69.9 cm³/mol. The molecule has 1 fully saturated rings. The van der Waals surface area contributed by atoms with Gasteiger partial charge in [-0.3, -0.25) is 9.58 Å². The molecule has 1 aliphatic rings. The lowest BCUT2D eigenvalue weighted by Gasteiger charge is -2.20. The summed E-state index contributed by atoms with van der Waals surface area (Å²) in [4.78, 5) is 2.54. The van der Waals surface area contributed by atoms with Crippen molar-refractivity contribution in [1.29, 1.82) is 0 Å². The maximum absolute atomic E-state index is 4.37. The topological polar surface area (TPSA) is 33.1 Å². The maximum Gasteiger partial charge on any atom is 0.0638 e. The van der Waals surface area contributed by atoms with Crippen LogP contribution in [0.3, 0.4) is 0 Å². The highest BCUT2D eigenvalue weighted by Gasteiger charge is 2.23. The molecule has 1 aromatic rings. The summed E-state index contributed by atoms with van der Waals surface area (Å²) in [6, 6.07) is 1.30. The molecular weight excluding hydrogens is 212 g/mol. The predicted octanol–water partition coefficient (Wildman–Crippen LogP) is 1.30. The van der Waals surface area contributed by atoms with Crippen molar-refractivity contribution in [2.45, 2.75) is 45.8 Å². The molecule has 1 unspecified atom stereocenters. The largest absolute Gasteiger partial charge is 0.308 e. The minimum absolute atomic E-state index is 0.636. The number of nitrogens with one attached hydrogen (secondary N) is 1. The minimum Gasteiger partial charge on any atom is -0.308 e. The smallest absolute Gasteiger partial charge is 0.0638 e. The number of hydrogen-bond donors (Lipinski definition) is 1. The fourth-order valence-electron chi connectivity index (χ4n) is 2.50. The monoisotopic (exact) mass is 236 g/mol. The van der Waals surface area contributed by atoms with E-state index in [0.29, 0.717) is 12.1 Å². The van der Waals surface area contributed by atoms with Gasteiger partial charge < -0.3 is 5.32 Å². The fourth-order valence-corrected chi connectivity index (χ4v) is 2.50. The van der Waals surface area contributed by atoms with E-state index in [1.807, 2.05) is 11.7 Å². The van der Waals surface area contributed by atoms with Gasteiger partial charge in [-0.05, 0) is 33.7 Å². The van der Waals surface area contributed by atoms with Gasteiger partial charge in [0.2, 0.25) is 0 Å². The molecule has 1 N–H and O–H groups in total. The van der Waals surface area contributed by atoms with Gasteiger partial charge in [0.25, 0.3) is 0 Å². The zero-order valence-electron chi connectivity index (χ0n) is 11.4. The summed E-state index contributed by atoms with van der Waals surface area (Å²) >= 11 is 0. The molecule has 96 valence electrons. The van der Waals surface area contributed by atoms with Gasteiger partial charge in [-0.1, -0.05) is 0 Å². The van der Waals surface area contributed by atoms with Crippen molar-refractivity contribution in [3.8, 4) is 0 Å². The second kappa shape index (κ2) is 5.19. The Labute approximate surface area is 104 Å². The first-order valence-electron chi connectivity index (χ1n) is 6.53. The molecule has 0 bridgehead atoms. The van der Waals surface area contributed by atoms with Crippen LogP contribution in [0.15, 0.2) is 6.20 Å². The SMILES string of the molecule is Cc1nn(C)cc1CNC1CCN(C(C)C)C1. The van der Waals surface area contributed by atoms with Gasteiger partial charge in [0.1, 0.15) is 0 Å². The van der Waals surface area contributed by atoms with Crippen LogP contribution in [0.25, 0.3) is 0 Å². The Hall–Kier alpha value is -0.870. The normalized spacial score (nSPS) is 21.6. The van der Waals surface area contributed by atoms with Crippen LogP contribution >= 0.6 is 0 Å². The quantitative estimate of drug-likeness (QED) is 0.855. The van der Waals surface area contributed by atoms with Crippen molar-refractivity contribution in [1.82, 2.24) is 20.0 Å². The maximum atomic E-state index is 4.37. The van der Waals surface area contributed by atoms with E-state index in [1.54, 1.807) is 0 Å². The first-order chi connectivity index (χ1) is 8.06. The summed E-state index contributed by atoms with van der Waals surface area (Å²) in [5, 5.41) is 8.01. The van der Waals surface area contributed by atoms with Crippen LogP contribution in [-0.2, 0) is 13.6 Å². The van der Waals surface area contributed by atoms with Crippen molar-refractivity contribution in [3.63, 3.8) is 0 Å². The zero-order chi connectivity index (χ0) is 12.4. The van der Waals surface area contributed by atoms with Crippen LogP contribution < -0.4 is 5.32 Å². The zero-order valence-corrected chi connectivity index (χ0v) is 11.4. The van der Waals surface area contributed by atoms with E-state index in [-0.39, 0.29) is 0 Å². The Balaban J connectivity index is 1.82. The number of hydrogen-bond acceptors (Lipinski definition) is 3. The van der Waals surface area contributed by atoms with Gasteiger partial charge >= 0.3 is 0 Å². The van der Waals surface area contributed by atoms with Crippen LogP contribution in [0.4, 0.5) is 0 Å². The minimum atomic E-state index is 0.636. The van der Waals surface area contributed by atoms with E-state index < -0.39 is 0 Å². The molecule has 1 saturated heterocycles. The van der Waals surface area contributed by atoms with Crippen molar-refractivity contribution < 1.29 is 0 Å². The molecule has 1 aliphatic heterocycles. The molecule has 4 heteroatoms. The van der Waals surface area contributed by atoms with Crippen molar-refractivity contribution in [2.24, 2.45) is 7.05 Å². The summed E-state index contributed by atoms with van der Waals surface area (Å²) in [6.07, 6.45) is 3.37. The molecule has 0 aromatic carbocycles. The summed E-state index contributed by atoms with van der Waals surface area (Å²) < 4.78 is 1.89. The van der Waals surface area contributed by atoms with E-state index in [1.165, 1.54) is 25.1 Å². The van der Waals surface area contributed by atoms with E-state index in [4.69, 9.17) is 0 Å². The fraction of sp³-hybridized carbons (Fsp3) is 0.769. The highest BCUT2D eigenvalue weighted by atomic mass is 15.3. The summed E-state index contributed by atoms with van der Waals surface area (Å²) in [7, 11) is 1.98. The summed E-state index contributed by atoms with van der Waals surface area (Å²) in [5.74, 6) is 0. The Bertz CT molecular complexity index is 369. The number of likely N-dealkylation sites (tertiary alicyclic amines) is 1. The average molecular weight is 236 g/mol. The lowest BCUT2D eigenvalue weighted by Crippen LogP contribution is -2.34. The first kappa shape index (κ1) is 12.6.